The molecule has 0 saturated heterocycles. The lowest BCUT2D eigenvalue weighted by Gasteiger charge is -2.07. The lowest BCUT2D eigenvalue weighted by molar-refractivity contribution is 0.102. The molecule has 0 bridgehead atoms. The molecule has 0 saturated carbocycles. The third-order valence-electron chi connectivity index (χ3n) is 4.23. The van der Waals surface area contributed by atoms with Gasteiger partial charge in [0.1, 0.15) is 5.82 Å². The third-order valence-corrected chi connectivity index (χ3v) is 4.23. The summed E-state index contributed by atoms with van der Waals surface area (Å²) < 4.78 is 15.3. The topological polar surface area (TPSA) is 59.8 Å². The summed E-state index contributed by atoms with van der Waals surface area (Å²) in [5, 5.41) is 10.6. The van der Waals surface area contributed by atoms with Crippen molar-refractivity contribution in [2.45, 2.75) is 33.1 Å². The van der Waals surface area contributed by atoms with Gasteiger partial charge in [0.15, 0.2) is 5.69 Å². The highest BCUT2D eigenvalue weighted by molar-refractivity contribution is 6.03. The van der Waals surface area contributed by atoms with E-state index >= 15 is 0 Å². The zero-order valence-electron chi connectivity index (χ0n) is 14.9. The van der Waals surface area contributed by atoms with Gasteiger partial charge in [0.25, 0.3) is 5.91 Å². The highest BCUT2D eigenvalue weighted by Gasteiger charge is 2.18. The predicted molar refractivity (Wildman–Crippen MR) is 99.1 cm³/mol. The number of aromatic nitrogens is 3. The van der Waals surface area contributed by atoms with E-state index in [2.05, 4.69) is 34.7 Å². The molecular weight excluding hydrogens is 331 g/mol. The molecule has 26 heavy (non-hydrogen) atoms. The molecule has 1 amide bonds. The van der Waals surface area contributed by atoms with Crippen LogP contribution in [0.2, 0.25) is 0 Å². The molecule has 3 aromatic rings. The van der Waals surface area contributed by atoms with Crippen LogP contribution < -0.4 is 5.32 Å². The Morgan fingerprint density at radius 1 is 1.15 bits per heavy atom. The van der Waals surface area contributed by atoms with Gasteiger partial charge in [-0.25, -0.2) is 9.07 Å². The van der Waals surface area contributed by atoms with E-state index < -0.39 is 11.7 Å². The van der Waals surface area contributed by atoms with E-state index in [4.69, 9.17) is 0 Å². The Balaban J connectivity index is 1.79. The molecule has 3 rings (SSSR count). The molecule has 1 aromatic heterocycles. The van der Waals surface area contributed by atoms with Gasteiger partial charge in [-0.05, 0) is 49.6 Å². The van der Waals surface area contributed by atoms with Crippen LogP contribution in [0.4, 0.5) is 10.1 Å². The molecule has 0 radical (unpaired) electrons. The molecule has 6 heteroatoms. The fourth-order valence-corrected chi connectivity index (χ4v) is 2.71. The predicted octanol–water partition coefficient (Wildman–Crippen LogP) is 4.31. The first-order chi connectivity index (χ1) is 12.6. The molecule has 1 N–H and O–H groups in total. The van der Waals surface area contributed by atoms with E-state index in [0.29, 0.717) is 5.69 Å². The van der Waals surface area contributed by atoms with Crippen LogP contribution in [0.15, 0.2) is 48.5 Å². The molecule has 2 aromatic carbocycles. The first kappa shape index (κ1) is 17.8. The first-order valence-electron chi connectivity index (χ1n) is 8.67. The molecule has 5 nitrogen and oxygen atoms in total. The Morgan fingerprint density at radius 2 is 1.88 bits per heavy atom. The number of aryl methyl sites for hydroxylation is 1. The number of hydrogen-bond donors (Lipinski definition) is 1. The average molecular weight is 352 g/mol. The minimum atomic E-state index is -0.492. The fourth-order valence-electron chi connectivity index (χ4n) is 2.71. The van der Waals surface area contributed by atoms with Crippen LogP contribution >= 0.6 is 0 Å². The number of hydrogen-bond acceptors (Lipinski definition) is 3. The summed E-state index contributed by atoms with van der Waals surface area (Å²) in [7, 11) is 0. The number of amides is 1. The zero-order valence-corrected chi connectivity index (χ0v) is 14.9. The van der Waals surface area contributed by atoms with Gasteiger partial charge in [0, 0.05) is 0 Å². The fraction of sp³-hybridized carbons (Fsp3) is 0.250. The van der Waals surface area contributed by atoms with Crippen LogP contribution in [0, 0.1) is 12.7 Å². The van der Waals surface area contributed by atoms with Gasteiger partial charge in [-0.15, -0.1) is 5.10 Å². The van der Waals surface area contributed by atoms with E-state index in [9.17, 15) is 9.18 Å². The van der Waals surface area contributed by atoms with Crippen LogP contribution in [0.1, 0.15) is 41.5 Å². The van der Waals surface area contributed by atoms with Crippen molar-refractivity contribution in [2.75, 3.05) is 5.32 Å². The van der Waals surface area contributed by atoms with E-state index in [0.717, 1.165) is 24.9 Å². The second-order valence-corrected chi connectivity index (χ2v) is 6.14. The van der Waals surface area contributed by atoms with Gasteiger partial charge in [-0.3, -0.25) is 4.79 Å². The quantitative estimate of drug-likeness (QED) is 0.719. The number of para-hydroxylation sites is 1. The first-order valence-corrected chi connectivity index (χ1v) is 8.67. The lowest BCUT2D eigenvalue weighted by atomic mass is 10.1. The van der Waals surface area contributed by atoms with Gasteiger partial charge in [-0.2, -0.15) is 0 Å². The molecule has 1 heterocycles. The van der Waals surface area contributed by atoms with Gasteiger partial charge < -0.3 is 5.32 Å². The Kier molecular flexibility index (Phi) is 5.41. The summed E-state index contributed by atoms with van der Waals surface area (Å²) in [6.45, 7) is 3.93. The van der Waals surface area contributed by atoms with Crippen molar-refractivity contribution >= 4 is 11.6 Å². The molecule has 0 spiro atoms. The summed E-state index contributed by atoms with van der Waals surface area (Å²) in [5.74, 6) is -0.980. The highest BCUT2D eigenvalue weighted by atomic mass is 19.1. The van der Waals surface area contributed by atoms with Gasteiger partial charge in [0.2, 0.25) is 0 Å². The van der Waals surface area contributed by atoms with Crippen molar-refractivity contribution in [3.8, 4) is 5.69 Å². The molecule has 0 fully saturated rings. The Bertz CT molecular complexity index is 902. The average Bonchev–Trinajstić information content (AvgIpc) is 3.04. The molecule has 134 valence electrons. The number of halogens is 1. The summed E-state index contributed by atoms with van der Waals surface area (Å²) >= 11 is 0. The van der Waals surface area contributed by atoms with Crippen molar-refractivity contribution < 1.29 is 9.18 Å². The zero-order chi connectivity index (χ0) is 18.5. The standard InChI is InChI=1S/C20H21FN4O/c1-3-4-7-15-10-12-16(13-11-15)25-14(2)19(23-24-25)20(26)22-18-9-6-5-8-17(18)21/h5-6,8-13H,3-4,7H2,1-2H3,(H,22,26). The summed E-state index contributed by atoms with van der Waals surface area (Å²) in [6.07, 6.45) is 3.36. The third kappa shape index (κ3) is 3.79. The monoisotopic (exact) mass is 352 g/mol. The lowest BCUT2D eigenvalue weighted by Crippen LogP contribution is -2.15. The SMILES string of the molecule is CCCCc1ccc(-n2nnc(C(=O)Nc3ccccc3F)c2C)cc1. The summed E-state index contributed by atoms with van der Waals surface area (Å²) in [4.78, 5) is 12.4. The highest BCUT2D eigenvalue weighted by Crippen LogP contribution is 2.17. The molecule has 0 aliphatic heterocycles. The minimum Gasteiger partial charge on any atom is -0.318 e. The smallest absolute Gasteiger partial charge is 0.278 e. The van der Waals surface area contributed by atoms with E-state index in [1.807, 2.05) is 12.1 Å². The molecule has 0 aliphatic carbocycles. The second kappa shape index (κ2) is 7.91. The largest absolute Gasteiger partial charge is 0.318 e. The number of carbonyl (C=O) groups is 1. The second-order valence-electron chi connectivity index (χ2n) is 6.14. The van der Waals surface area contributed by atoms with E-state index in [-0.39, 0.29) is 11.4 Å². The summed E-state index contributed by atoms with van der Waals surface area (Å²) in [6, 6.07) is 14.1. The maximum Gasteiger partial charge on any atom is 0.278 e. The van der Waals surface area contributed by atoms with E-state index in [1.54, 1.807) is 23.7 Å². The Labute approximate surface area is 151 Å². The van der Waals surface area contributed by atoms with Crippen molar-refractivity contribution in [1.82, 2.24) is 15.0 Å². The van der Waals surface area contributed by atoms with Gasteiger partial charge in [0.05, 0.1) is 17.1 Å². The van der Waals surface area contributed by atoms with Crippen LogP contribution in [0.5, 0.6) is 0 Å². The molecule has 0 aliphatic rings. The molecule has 0 unspecified atom stereocenters. The normalized spacial score (nSPS) is 10.7. The van der Waals surface area contributed by atoms with Crippen molar-refractivity contribution in [2.24, 2.45) is 0 Å². The Morgan fingerprint density at radius 3 is 2.58 bits per heavy atom. The maximum absolute atomic E-state index is 13.7. The van der Waals surface area contributed by atoms with Gasteiger partial charge >= 0.3 is 0 Å². The number of carbonyl (C=O) groups excluding carboxylic acids is 1. The number of rotatable bonds is 6. The van der Waals surface area contributed by atoms with Crippen LogP contribution in [-0.4, -0.2) is 20.9 Å². The van der Waals surface area contributed by atoms with E-state index in [1.165, 1.54) is 17.7 Å². The maximum atomic E-state index is 13.7. The van der Waals surface area contributed by atoms with Crippen molar-refractivity contribution in [1.29, 1.82) is 0 Å². The van der Waals surface area contributed by atoms with Crippen LogP contribution in [0.25, 0.3) is 5.69 Å². The van der Waals surface area contributed by atoms with Crippen LogP contribution in [-0.2, 0) is 6.42 Å². The van der Waals surface area contributed by atoms with Gasteiger partial charge in [-0.1, -0.05) is 42.8 Å². The van der Waals surface area contributed by atoms with Crippen molar-refractivity contribution in [3.05, 3.63) is 71.3 Å². The number of nitrogens with zero attached hydrogens (tertiary/aromatic N) is 3. The number of anilines is 1. The number of unbranched alkanes of at least 4 members (excludes halogenated alkanes) is 1. The van der Waals surface area contributed by atoms with Crippen LogP contribution in [0.3, 0.4) is 0 Å². The number of nitrogens with one attached hydrogen (secondary N) is 1. The Hall–Kier alpha value is -3.02. The molecule has 0 atom stereocenters. The molecular formula is C20H21FN4O. The van der Waals surface area contributed by atoms with Crippen molar-refractivity contribution in [3.63, 3.8) is 0 Å². The summed E-state index contributed by atoms with van der Waals surface area (Å²) in [5.41, 5.74) is 2.99. The number of benzene rings is 2. The minimum absolute atomic E-state index is 0.117.